The maximum atomic E-state index is 11.7. The summed E-state index contributed by atoms with van der Waals surface area (Å²) in [5.74, 6) is -1.62. The molecule has 13 heavy (non-hydrogen) atoms. The van der Waals surface area contributed by atoms with Gasteiger partial charge < -0.3 is 9.84 Å². The molecule has 0 unspecified atom stereocenters. The van der Waals surface area contributed by atoms with Gasteiger partial charge in [0, 0.05) is 4.48 Å². The van der Waals surface area contributed by atoms with Gasteiger partial charge in [0.05, 0.1) is 0 Å². The fourth-order valence-corrected chi connectivity index (χ4v) is 0.647. The molecular formula is C7H6BrF3O2. The number of ether oxygens (including phenoxy) is 1. The molecule has 0 saturated heterocycles. The van der Waals surface area contributed by atoms with Crippen LogP contribution in [0.4, 0.5) is 13.2 Å². The lowest BCUT2D eigenvalue weighted by atomic mass is 10.4. The molecule has 0 amide bonds. The van der Waals surface area contributed by atoms with Crippen molar-refractivity contribution in [3.8, 4) is 0 Å². The van der Waals surface area contributed by atoms with Crippen LogP contribution >= 0.6 is 15.9 Å². The molecule has 0 aromatic rings. The van der Waals surface area contributed by atoms with E-state index in [-0.39, 0.29) is 4.48 Å². The second-order valence-electron chi connectivity index (χ2n) is 1.95. The lowest BCUT2D eigenvalue weighted by molar-refractivity contribution is -0.305. The molecule has 0 bridgehead atoms. The molecule has 0 radical (unpaired) electrons. The largest absolute Gasteiger partial charge is 0.573 e. The van der Waals surface area contributed by atoms with Crippen LogP contribution in [0.15, 0.2) is 35.2 Å². The lowest BCUT2D eigenvalue weighted by Gasteiger charge is -2.10. The second-order valence-corrected chi connectivity index (χ2v) is 2.97. The molecular weight excluding hydrogens is 253 g/mol. The zero-order valence-corrected chi connectivity index (χ0v) is 7.94. The van der Waals surface area contributed by atoms with E-state index in [1.807, 2.05) is 0 Å². The van der Waals surface area contributed by atoms with Crippen LogP contribution in [0.25, 0.3) is 0 Å². The Balaban J connectivity index is 4.65. The van der Waals surface area contributed by atoms with Gasteiger partial charge in [-0.25, -0.2) is 0 Å². The Morgan fingerprint density at radius 2 is 1.85 bits per heavy atom. The number of hydrogen-bond acceptors (Lipinski definition) is 2. The highest BCUT2D eigenvalue weighted by Crippen LogP contribution is 2.24. The summed E-state index contributed by atoms with van der Waals surface area (Å²) in [5, 5.41) is 8.67. The van der Waals surface area contributed by atoms with Gasteiger partial charge >= 0.3 is 6.36 Å². The number of halogens is 4. The van der Waals surface area contributed by atoms with Crippen LogP contribution in [-0.2, 0) is 4.74 Å². The van der Waals surface area contributed by atoms with Gasteiger partial charge in [0.15, 0.2) is 11.5 Å². The van der Waals surface area contributed by atoms with E-state index in [1.165, 1.54) is 0 Å². The van der Waals surface area contributed by atoms with Crippen LogP contribution < -0.4 is 0 Å². The minimum Gasteiger partial charge on any atom is -0.505 e. The standard InChI is InChI=1S/C7H6BrF3O2/c1-4(8)3-6(5(2)12)13-7(9,10)11/h3,12H,1-2H2/b6-3+. The Kier molecular flexibility index (Phi) is 4.06. The van der Waals surface area contributed by atoms with E-state index in [0.717, 1.165) is 6.08 Å². The van der Waals surface area contributed by atoms with E-state index in [2.05, 4.69) is 33.8 Å². The SMILES string of the molecule is C=C(Br)/C=C(/OC(F)(F)F)C(=C)O. The summed E-state index contributed by atoms with van der Waals surface area (Å²) in [6.07, 6.45) is -4.00. The topological polar surface area (TPSA) is 29.5 Å². The van der Waals surface area contributed by atoms with Crippen LogP contribution in [0.1, 0.15) is 0 Å². The molecule has 1 N–H and O–H groups in total. The van der Waals surface area contributed by atoms with Gasteiger partial charge in [-0.3, -0.25) is 0 Å². The molecule has 0 aliphatic rings. The highest BCUT2D eigenvalue weighted by atomic mass is 79.9. The molecule has 2 nitrogen and oxygen atoms in total. The number of alkyl halides is 3. The number of rotatable bonds is 3. The van der Waals surface area contributed by atoms with E-state index in [0.29, 0.717) is 0 Å². The summed E-state index contributed by atoms with van der Waals surface area (Å²) in [7, 11) is 0. The Bertz CT molecular complexity index is 255. The van der Waals surface area contributed by atoms with Gasteiger partial charge in [0.1, 0.15) is 0 Å². The summed E-state index contributed by atoms with van der Waals surface area (Å²) in [5.41, 5.74) is 0. The summed E-state index contributed by atoms with van der Waals surface area (Å²) in [6.45, 7) is 6.14. The van der Waals surface area contributed by atoms with Crippen LogP contribution in [-0.4, -0.2) is 11.5 Å². The molecule has 0 saturated carbocycles. The number of aliphatic hydroxyl groups is 1. The van der Waals surface area contributed by atoms with Gasteiger partial charge in [-0.1, -0.05) is 29.1 Å². The third-order valence-corrected chi connectivity index (χ3v) is 1.03. The predicted octanol–water partition coefficient (Wildman–Crippen LogP) is 3.39. The third-order valence-electron chi connectivity index (χ3n) is 0.798. The number of allylic oxidation sites excluding steroid dienone is 2. The van der Waals surface area contributed by atoms with Gasteiger partial charge in [0.25, 0.3) is 0 Å². The quantitative estimate of drug-likeness (QED) is 0.621. The fraction of sp³-hybridized carbons (Fsp3) is 0.143. The van der Waals surface area contributed by atoms with Gasteiger partial charge in [0.2, 0.25) is 0 Å². The van der Waals surface area contributed by atoms with Crippen molar-refractivity contribution in [3.63, 3.8) is 0 Å². The normalized spacial score (nSPS) is 12.5. The van der Waals surface area contributed by atoms with Crippen molar-refractivity contribution in [2.45, 2.75) is 6.36 Å². The van der Waals surface area contributed by atoms with Crippen LogP contribution in [0, 0.1) is 0 Å². The summed E-state index contributed by atoms with van der Waals surface area (Å²) in [4.78, 5) is 0. The van der Waals surface area contributed by atoms with Gasteiger partial charge in [-0.05, 0) is 6.08 Å². The van der Waals surface area contributed by atoms with E-state index in [4.69, 9.17) is 5.11 Å². The molecule has 0 aliphatic carbocycles. The van der Waals surface area contributed by atoms with Crippen LogP contribution in [0.2, 0.25) is 0 Å². The average Bonchev–Trinajstić information content (AvgIpc) is 1.81. The number of aliphatic hydroxyl groups excluding tert-OH is 1. The smallest absolute Gasteiger partial charge is 0.505 e. The lowest BCUT2D eigenvalue weighted by Crippen LogP contribution is -2.13. The van der Waals surface area contributed by atoms with Crippen molar-refractivity contribution >= 4 is 15.9 Å². The van der Waals surface area contributed by atoms with E-state index < -0.39 is 17.9 Å². The number of hydrogen-bond donors (Lipinski definition) is 1. The zero-order valence-electron chi connectivity index (χ0n) is 6.36. The minimum absolute atomic E-state index is 0.127. The predicted molar refractivity (Wildman–Crippen MR) is 45.1 cm³/mol. The first kappa shape index (κ1) is 12.1. The Labute approximate surface area is 81.1 Å². The molecule has 0 aromatic heterocycles. The van der Waals surface area contributed by atoms with Crippen LogP contribution in [0.5, 0.6) is 0 Å². The molecule has 0 aliphatic heterocycles. The fourth-order valence-electron chi connectivity index (χ4n) is 0.439. The van der Waals surface area contributed by atoms with Crippen molar-refractivity contribution in [2.24, 2.45) is 0 Å². The monoisotopic (exact) mass is 258 g/mol. The second kappa shape index (κ2) is 4.36. The van der Waals surface area contributed by atoms with Crippen molar-refractivity contribution in [1.29, 1.82) is 0 Å². The van der Waals surface area contributed by atoms with Crippen molar-refractivity contribution in [3.05, 3.63) is 35.2 Å². The summed E-state index contributed by atoms with van der Waals surface area (Å²) in [6, 6.07) is 0. The molecule has 0 heterocycles. The highest BCUT2D eigenvalue weighted by Gasteiger charge is 2.32. The van der Waals surface area contributed by atoms with Gasteiger partial charge in [-0.15, -0.1) is 13.2 Å². The molecule has 0 rings (SSSR count). The third kappa shape index (κ3) is 6.27. The van der Waals surface area contributed by atoms with E-state index in [9.17, 15) is 13.2 Å². The molecule has 0 fully saturated rings. The maximum absolute atomic E-state index is 11.7. The van der Waals surface area contributed by atoms with Crippen molar-refractivity contribution < 1.29 is 23.0 Å². The first-order valence-corrected chi connectivity index (χ1v) is 3.72. The first-order valence-electron chi connectivity index (χ1n) is 2.92. The van der Waals surface area contributed by atoms with Crippen molar-refractivity contribution in [1.82, 2.24) is 0 Å². The highest BCUT2D eigenvalue weighted by molar-refractivity contribution is 9.11. The summed E-state index contributed by atoms with van der Waals surface area (Å²) < 4.78 is 38.5. The van der Waals surface area contributed by atoms with Crippen molar-refractivity contribution in [2.75, 3.05) is 0 Å². The molecule has 6 heteroatoms. The maximum Gasteiger partial charge on any atom is 0.573 e. The Morgan fingerprint density at radius 1 is 1.38 bits per heavy atom. The average molecular weight is 259 g/mol. The Hall–Kier alpha value is -0.910. The van der Waals surface area contributed by atoms with E-state index in [1.54, 1.807) is 0 Å². The summed E-state index contributed by atoms with van der Waals surface area (Å²) >= 11 is 2.78. The van der Waals surface area contributed by atoms with E-state index >= 15 is 0 Å². The molecule has 0 spiro atoms. The Morgan fingerprint density at radius 3 is 2.08 bits per heavy atom. The first-order chi connectivity index (χ1) is 5.72. The molecule has 0 aromatic carbocycles. The van der Waals surface area contributed by atoms with Gasteiger partial charge in [-0.2, -0.15) is 0 Å². The minimum atomic E-state index is -4.86. The zero-order chi connectivity index (χ0) is 10.6. The molecule has 74 valence electrons. The molecule has 0 atom stereocenters. The van der Waals surface area contributed by atoms with Crippen LogP contribution in [0.3, 0.4) is 0 Å².